The first-order valence-electron chi connectivity index (χ1n) is 5.17. The smallest absolute Gasteiger partial charge is 0.337 e. The van der Waals surface area contributed by atoms with Gasteiger partial charge in [0.2, 0.25) is 0 Å². The van der Waals surface area contributed by atoms with Gasteiger partial charge in [-0.2, -0.15) is 0 Å². The molecule has 0 saturated carbocycles. The monoisotopic (exact) mass is 246 g/mol. The Kier molecular flexibility index (Phi) is 2.84. The molecule has 1 N–H and O–H groups in total. The predicted molar refractivity (Wildman–Crippen MR) is 52.1 cm³/mol. The van der Waals surface area contributed by atoms with Crippen LogP contribution in [0.15, 0.2) is 0 Å². The van der Waals surface area contributed by atoms with Crippen molar-refractivity contribution in [3.63, 3.8) is 0 Å². The van der Waals surface area contributed by atoms with Crippen LogP contribution in [-0.4, -0.2) is 54.4 Å². The lowest BCUT2D eigenvalue weighted by molar-refractivity contribution is -0.199. The predicted octanol–water partition coefficient (Wildman–Crippen LogP) is -0.468. The molecule has 7 nitrogen and oxygen atoms in total. The molecule has 0 aliphatic carbocycles. The van der Waals surface area contributed by atoms with Gasteiger partial charge < -0.3 is 24.1 Å². The van der Waals surface area contributed by atoms with E-state index in [0.717, 1.165) is 0 Å². The Balaban J connectivity index is 2.24. The van der Waals surface area contributed by atoms with Crippen molar-refractivity contribution in [2.24, 2.45) is 0 Å². The van der Waals surface area contributed by atoms with Crippen LogP contribution in [0.5, 0.6) is 0 Å². The minimum atomic E-state index is -1.22. The van der Waals surface area contributed by atoms with E-state index in [1.54, 1.807) is 13.8 Å². The zero-order chi connectivity index (χ0) is 12.8. The van der Waals surface area contributed by atoms with E-state index in [4.69, 9.17) is 19.3 Å². The average Bonchev–Trinajstić information content (AvgIpc) is 2.69. The molecule has 0 aromatic carbocycles. The third kappa shape index (κ3) is 2.01. The highest BCUT2D eigenvalue weighted by molar-refractivity contribution is 5.80. The number of carbonyl (C=O) groups excluding carboxylic acids is 1. The lowest BCUT2D eigenvalue weighted by Crippen LogP contribution is -2.36. The molecule has 2 fully saturated rings. The number of aliphatic carboxylic acids is 1. The molecular formula is C10H14O7. The molecule has 17 heavy (non-hydrogen) atoms. The zero-order valence-electron chi connectivity index (χ0n) is 9.71. The molecule has 0 radical (unpaired) electrons. The van der Waals surface area contributed by atoms with Crippen molar-refractivity contribution in [1.82, 2.24) is 0 Å². The highest BCUT2D eigenvalue weighted by Crippen LogP contribution is 2.39. The lowest BCUT2D eigenvalue weighted by atomic mass is 10.1. The molecule has 2 saturated heterocycles. The molecule has 96 valence electrons. The summed E-state index contributed by atoms with van der Waals surface area (Å²) < 4.78 is 20.6. The van der Waals surface area contributed by atoms with Gasteiger partial charge in [-0.05, 0) is 13.8 Å². The first-order valence-corrected chi connectivity index (χ1v) is 5.17. The number of rotatable bonds is 2. The van der Waals surface area contributed by atoms with Crippen molar-refractivity contribution >= 4 is 11.9 Å². The molecule has 2 heterocycles. The summed E-state index contributed by atoms with van der Waals surface area (Å²) >= 11 is 0. The van der Waals surface area contributed by atoms with Gasteiger partial charge in [0.05, 0.1) is 7.11 Å². The minimum absolute atomic E-state index is 0.662. The Bertz CT molecular complexity index is 351. The van der Waals surface area contributed by atoms with E-state index in [1.807, 2.05) is 0 Å². The van der Waals surface area contributed by atoms with E-state index < -0.39 is 42.1 Å². The second-order valence-electron chi connectivity index (χ2n) is 4.40. The molecule has 2 rings (SSSR count). The maximum Gasteiger partial charge on any atom is 0.337 e. The Hall–Kier alpha value is -1.18. The van der Waals surface area contributed by atoms with Crippen LogP contribution in [0.25, 0.3) is 0 Å². The second-order valence-corrected chi connectivity index (χ2v) is 4.40. The fourth-order valence-corrected chi connectivity index (χ4v) is 2.10. The number of carbonyl (C=O) groups is 2. The number of methoxy groups -OCH3 is 1. The van der Waals surface area contributed by atoms with Crippen LogP contribution in [-0.2, 0) is 28.5 Å². The Morgan fingerprint density at radius 1 is 1.18 bits per heavy atom. The molecule has 0 unspecified atom stereocenters. The molecule has 2 aliphatic rings. The third-order valence-electron chi connectivity index (χ3n) is 2.73. The van der Waals surface area contributed by atoms with Crippen LogP contribution in [0.1, 0.15) is 13.8 Å². The molecule has 0 amide bonds. The summed E-state index contributed by atoms with van der Waals surface area (Å²) in [5, 5.41) is 8.99. The minimum Gasteiger partial charge on any atom is -0.479 e. The highest BCUT2D eigenvalue weighted by atomic mass is 16.8. The van der Waals surface area contributed by atoms with Crippen LogP contribution in [0, 0.1) is 0 Å². The normalized spacial score (nSPS) is 38.8. The van der Waals surface area contributed by atoms with Gasteiger partial charge >= 0.3 is 11.9 Å². The molecule has 4 atom stereocenters. The SMILES string of the molecule is COC(=O)[C@@H]1O[C@H](C(=O)O)[C@H]2OC(C)(C)O[C@H]21. The summed E-state index contributed by atoms with van der Waals surface area (Å²) in [4.78, 5) is 22.5. The van der Waals surface area contributed by atoms with Crippen molar-refractivity contribution in [2.45, 2.75) is 44.1 Å². The van der Waals surface area contributed by atoms with Crippen molar-refractivity contribution in [3.05, 3.63) is 0 Å². The van der Waals surface area contributed by atoms with E-state index in [2.05, 4.69) is 4.74 Å². The van der Waals surface area contributed by atoms with Gasteiger partial charge in [-0.3, -0.25) is 0 Å². The summed E-state index contributed by atoms with van der Waals surface area (Å²) in [6.07, 6.45) is -3.83. The molecule has 0 aromatic rings. The summed E-state index contributed by atoms with van der Waals surface area (Å²) in [6.45, 7) is 3.30. The molecular weight excluding hydrogens is 232 g/mol. The van der Waals surface area contributed by atoms with Crippen molar-refractivity contribution in [1.29, 1.82) is 0 Å². The molecule has 0 spiro atoms. The van der Waals surface area contributed by atoms with Crippen molar-refractivity contribution in [3.8, 4) is 0 Å². The van der Waals surface area contributed by atoms with Gasteiger partial charge in [-0.1, -0.05) is 0 Å². The summed E-state index contributed by atoms with van der Waals surface area (Å²) in [7, 11) is 1.20. The van der Waals surface area contributed by atoms with Gasteiger partial charge in [0.25, 0.3) is 0 Å². The number of carboxylic acids is 1. The van der Waals surface area contributed by atoms with E-state index in [1.165, 1.54) is 7.11 Å². The zero-order valence-corrected chi connectivity index (χ0v) is 9.71. The molecule has 0 bridgehead atoms. The Morgan fingerprint density at radius 3 is 2.18 bits per heavy atom. The largest absolute Gasteiger partial charge is 0.479 e. The first-order chi connectivity index (χ1) is 7.85. The Morgan fingerprint density at radius 2 is 1.71 bits per heavy atom. The number of fused-ring (bicyclic) bond motifs is 1. The number of hydrogen-bond donors (Lipinski definition) is 1. The van der Waals surface area contributed by atoms with E-state index in [9.17, 15) is 9.59 Å². The summed E-state index contributed by atoms with van der Waals surface area (Å²) in [5.74, 6) is -2.78. The quantitative estimate of drug-likeness (QED) is 0.658. The van der Waals surface area contributed by atoms with Crippen LogP contribution in [0.4, 0.5) is 0 Å². The van der Waals surface area contributed by atoms with Crippen LogP contribution >= 0.6 is 0 Å². The number of ether oxygens (including phenoxy) is 4. The maximum absolute atomic E-state index is 11.5. The standard InChI is InChI=1S/C10H14O7/c1-10(2)16-4-5(17-10)7(9(13)14-3)15-6(4)8(11)12/h4-7H,1-3H3,(H,11,12)/t4-,5+,6-,7+/m0/s1. The second kappa shape index (κ2) is 3.94. The van der Waals surface area contributed by atoms with E-state index >= 15 is 0 Å². The van der Waals surface area contributed by atoms with Crippen LogP contribution in [0.3, 0.4) is 0 Å². The Labute approximate surface area is 97.6 Å². The number of esters is 1. The van der Waals surface area contributed by atoms with Crippen LogP contribution in [0.2, 0.25) is 0 Å². The fourth-order valence-electron chi connectivity index (χ4n) is 2.10. The van der Waals surface area contributed by atoms with E-state index in [0.29, 0.717) is 0 Å². The maximum atomic E-state index is 11.5. The lowest BCUT2D eigenvalue weighted by Gasteiger charge is -2.21. The van der Waals surface area contributed by atoms with E-state index in [-0.39, 0.29) is 0 Å². The highest BCUT2D eigenvalue weighted by Gasteiger charge is 2.60. The van der Waals surface area contributed by atoms with Gasteiger partial charge in [-0.15, -0.1) is 0 Å². The molecule has 7 heteroatoms. The van der Waals surface area contributed by atoms with Crippen molar-refractivity contribution in [2.75, 3.05) is 7.11 Å². The molecule has 2 aliphatic heterocycles. The average molecular weight is 246 g/mol. The summed E-state index contributed by atoms with van der Waals surface area (Å²) in [5.41, 5.74) is 0. The number of carboxylic acid groups (broad SMARTS) is 1. The van der Waals surface area contributed by atoms with Gasteiger partial charge in [-0.25, -0.2) is 9.59 Å². The topological polar surface area (TPSA) is 91.3 Å². The van der Waals surface area contributed by atoms with Gasteiger partial charge in [0.15, 0.2) is 18.0 Å². The number of hydrogen-bond acceptors (Lipinski definition) is 6. The first kappa shape index (κ1) is 12.3. The van der Waals surface area contributed by atoms with Crippen LogP contribution < -0.4 is 0 Å². The summed E-state index contributed by atoms with van der Waals surface area (Å²) in [6, 6.07) is 0. The van der Waals surface area contributed by atoms with Gasteiger partial charge in [0, 0.05) is 0 Å². The fraction of sp³-hybridized carbons (Fsp3) is 0.800. The third-order valence-corrected chi connectivity index (χ3v) is 2.73. The van der Waals surface area contributed by atoms with Crippen molar-refractivity contribution < 1.29 is 33.6 Å². The van der Waals surface area contributed by atoms with Gasteiger partial charge in [0.1, 0.15) is 12.2 Å². The molecule has 0 aromatic heterocycles.